The third kappa shape index (κ3) is 2.19. The summed E-state index contributed by atoms with van der Waals surface area (Å²) < 4.78 is 43.8. The van der Waals surface area contributed by atoms with Crippen LogP contribution in [0, 0.1) is 0 Å². The minimum atomic E-state index is -3.73. The summed E-state index contributed by atoms with van der Waals surface area (Å²) in [6.45, 7) is 2.23. The van der Waals surface area contributed by atoms with Crippen molar-refractivity contribution < 1.29 is 22.6 Å². The lowest BCUT2D eigenvalue weighted by Gasteiger charge is -2.35. The normalized spacial score (nSPS) is 19.2. The zero-order valence-corrected chi connectivity index (χ0v) is 13.2. The fourth-order valence-corrected chi connectivity index (χ4v) is 4.46. The molecule has 1 unspecified atom stereocenters. The van der Waals surface area contributed by atoms with Crippen molar-refractivity contribution in [2.75, 3.05) is 17.7 Å². The molecule has 4 rings (SSSR count). The van der Waals surface area contributed by atoms with Crippen LogP contribution in [0.3, 0.4) is 0 Å². The SMILES string of the molecule is CC1COc2ccccc2N1S(=O)(=O)c1ccc2c(c1)OCO2. The molecule has 0 saturated carbocycles. The molecule has 2 aliphatic heterocycles. The van der Waals surface area contributed by atoms with E-state index < -0.39 is 10.0 Å². The number of nitrogens with zero attached hydrogens (tertiary/aromatic N) is 1. The predicted molar refractivity (Wildman–Crippen MR) is 83.6 cm³/mol. The van der Waals surface area contributed by atoms with Crippen molar-refractivity contribution in [1.82, 2.24) is 0 Å². The van der Waals surface area contributed by atoms with Gasteiger partial charge < -0.3 is 14.2 Å². The van der Waals surface area contributed by atoms with Crippen LogP contribution in [0.5, 0.6) is 17.2 Å². The van der Waals surface area contributed by atoms with Crippen molar-refractivity contribution in [3.8, 4) is 17.2 Å². The molecular weight excluding hydrogens is 318 g/mol. The average molecular weight is 333 g/mol. The molecule has 0 spiro atoms. The summed E-state index contributed by atoms with van der Waals surface area (Å²) in [5.41, 5.74) is 0.545. The molecule has 2 heterocycles. The van der Waals surface area contributed by atoms with Crippen molar-refractivity contribution in [3.05, 3.63) is 42.5 Å². The van der Waals surface area contributed by atoms with Gasteiger partial charge in [0.2, 0.25) is 6.79 Å². The Labute approximate surface area is 134 Å². The Hall–Kier alpha value is -2.41. The molecule has 7 heteroatoms. The quantitative estimate of drug-likeness (QED) is 0.844. The molecule has 0 bridgehead atoms. The summed E-state index contributed by atoms with van der Waals surface area (Å²) in [4.78, 5) is 0.172. The van der Waals surface area contributed by atoms with E-state index in [2.05, 4.69) is 0 Å². The lowest BCUT2D eigenvalue weighted by Crippen LogP contribution is -2.44. The van der Waals surface area contributed by atoms with Crippen LogP contribution in [-0.4, -0.2) is 27.9 Å². The van der Waals surface area contributed by atoms with Crippen LogP contribution in [-0.2, 0) is 10.0 Å². The van der Waals surface area contributed by atoms with Gasteiger partial charge >= 0.3 is 0 Å². The van der Waals surface area contributed by atoms with Gasteiger partial charge in [-0.25, -0.2) is 8.42 Å². The van der Waals surface area contributed by atoms with Gasteiger partial charge in [0.1, 0.15) is 12.4 Å². The smallest absolute Gasteiger partial charge is 0.264 e. The third-order valence-electron chi connectivity index (χ3n) is 3.88. The summed E-state index contributed by atoms with van der Waals surface area (Å²) in [6.07, 6.45) is 0. The number of hydrogen-bond donors (Lipinski definition) is 0. The number of ether oxygens (including phenoxy) is 3. The Balaban J connectivity index is 1.82. The van der Waals surface area contributed by atoms with Crippen molar-refractivity contribution in [2.45, 2.75) is 17.9 Å². The van der Waals surface area contributed by atoms with E-state index in [0.29, 0.717) is 29.5 Å². The van der Waals surface area contributed by atoms with Crippen LogP contribution in [0.2, 0.25) is 0 Å². The van der Waals surface area contributed by atoms with Gasteiger partial charge in [-0.1, -0.05) is 12.1 Å². The monoisotopic (exact) mass is 333 g/mol. The Morgan fingerprint density at radius 2 is 1.78 bits per heavy atom. The fourth-order valence-electron chi connectivity index (χ4n) is 2.79. The fraction of sp³-hybridized carbons (Fsp3) is 0.250. The summed E-state index contributed by atoms with van der Waals surface area (Å²) >= 11 is 0. The molecule has 0 aromatic heterocycles. The van der Waals surface area contributed by atoms with E-state index in [-0.39, 0.29) is 17.7 Å². The molecule has 0 saturated heterocycles. The lowest BCUT2D eigenvalue weighted by atomic mass is 10.2. The van der Waals surface area contributed by atoms with Crippen LogP contribution in [0.4, 0.5) is 5.69 Å². The Morgan fingerprint density at radius 1 is 1.00 bits per heavy atom. The van der Waals surface area contributed by atoms with Crippen molar-refractivity contribution >= 4 is 15.7 Å². The number of anilines is 1. The van der Waals surface area contributed by atoms with Crippen molar-refractivity contribution in [1.29, 1.82) is 0 Å². The summed E-state index contributed by atoms with van der Waals surface area (Å²) in [5.74, 6) is 1.56. The molecule has 0 fully saturated rings. The maximum absolute atomic E-state index is 13.1. The van der Waals surface area contributed by atoms with E-state index in [1.54, 1.807) is 24.3 Å². The van der Waals surface area contributed by atoms with E-state index in [9.17, 15) is 8.42 Å². The Morgan fingerprint density at radius 3 is 2.65 bits per heavy atom. The molecule has 6 nitrogen and oxygen atoms in total. The Kier molecular flexibility index (Phi) is 3.12. The molecule has 2 aromatic rings. The molecule has 2 aromatic carbocycles. The number of para-hydroxylation sites is 2. The first-order chi connectivity index (χ1) is 11.1. The van der Waals surface area contributed by atoms with Gasteiger partial charge in [0.05, 0.1) is 16.6 Å². The number of hydrogen-bond acceptors (Lipinski definition) is 5. The zero-order valence-electron chi connectivity index (χ0n) is 12.4. The molecular formula is C16H15NO5S. The second-order valence-electron chi connectivity index (χ2n) is 5.44. The van der Waals surface area contributed by atoms with Gasteiger partial charge in [-0.3, -0.25) is 4.31 Å². The van der Waals surface area contributed by atoms with Crippen LogP contribution in [0.15, 0.2) is 47.4 Å². The highest BCUT2D eigenvalue weighted by atomic mass is 32.2. The highest BCUT2D eigenvalue weighted by Gasteiger charge is 2.35. The molecule has 0 amide bonds. The number of rotatable bonds is 2. The predicted octanol–water partition coefficient (Wildman–Crippen LogP) is 2.39. The highest BCUT2D eigenvalue weighted by molar-refractivity contribution is 7.92. The van der Waals surface area contributed by atoms with E-state index in [1.165, 1.54) is 16.4 Å². The second-order valence-corrected chi connectivity index (χ2v) is 7.26. The van der Waals surface area contributed by atoms with E-state index in [1.807, 2.05) is 13.0 Å². The second kappa shape index (κ2) is 5.06. The van der Waals surface area contributed by atoms with Crippen molar-refractivity contribution in [2.24, 2.45) is 0 Å². The van der Waals surface area contributed by atoms with Crippen molar-refractivity contribution in [3.63, 3.8) is 0 Å². The molecule has 23 heavy (non-hydrogen) atoms. The standard InChI is InChI=1S/C16H15NO5S/c1-11-9-20-14-5-3-2-4-13(14)17(11)23(18,19)12-6-7-15-16(8-12)22-10-21-15/h2-8,11H,9-10H2,1H3. The first-order valence-electron chi connectivity index (χ1n) is 7.23. The zero-order chi connectivity index (χ0) is 16.0. The molecule has 2 aliphatic rings. The van der Waals surface area contributed by atoms with Gasteiger partial charge in [-0.2, -0.15) is 0 Å². The molecule has 0 radical (unpaired) electrons. The maximum Gasteiger partial charge on any atom is 0.264 e. The van der Waals surface area contributed by atoms with E-state index >= 15 is 0 Å². The molecule has 120 valence electrons. The minimum absolute atomic E-state index is 0.107. The largest absolute Gasteiger partial charge is 0.489 e. The maximum atomic E-state index is 13.1. The molecule has 0 aliphatic carbocycles. The van der Waals surface area contributed by atoms with Gasteiger partial charge in [0, 0.05) is 6.07 Å². The minimum Gasteiger partial charge on any atom is -0.489 e. The first kappa shape index (κ1) is 14.2. The van der Waals surface area contributed by atoms with Crippen LogP contribution >= 0.6 is 0 Å². The third-order valence-corrected chi connectivity index (χ3v) is 5.81. The lowest BCUT2D eigenvalue weighted by molar-refractivity contribution is 0.174. The van der Waals surface area contributed by atoms with Gasteiger partial charge in [0.25, 0.3) is 10.0 Å². The summed E-state index contributed by atoms with van der Waals surface area (Å²) in [6, 6.07) is 11.5. The Bertz CT molecular complexity index is 865. The first-order valence-corrected chi connectivity index (χ1v) is 8.67. The van der Waals surface area contributed by atoms with Gasteiger partial charge in [0.15, 0.2) is 11.5 Å². The van der Waals surface area contributed by atoms with E-state index in [0.717, 1.165) is 0 Å². The van der Waals surface area contributed by atoms with Crippen LogP contribution in [0.1, 0.15) is 6.92 Å². The number of benzene rings is 2. The summed E-state index contributed by atoms with van der Waals surface area (Å²) in [5, 5.41) is 0. The number of fused-ring (bicyclic) bond motifs is 2. The van der Waals surface area contributed by atoms with Gasteiger partial charge in [-0.15, -0.1) is 0 Å². The molecule has 0 N–H and O–H groups in total. The molecule has 1 atom stereocenters. The van der Waals surface area contributed by atoms with Crippen LogP contribution in [0.25, 0.3) is 0 Å². The van der Waals surface area contributed by atoms with Gasteiger partial charge in [-0.05, 0) is 31.2 Å². The average Bonchev–Trinajstić information content (AvgIpc) is 3.02. The summed E-state index contributed by atoms with van der Waals surface area (Å²) in [7, 11) is -3.73. The van der Waals surface area contributed by atoms with E-state index in [4.69, 9.17) is 14.2 Å². The topological polar surface area (TPSA) is 65.1 Å². The number of sulfonamides is 1. The van der Waals surface area contributed by atoms with Crippen LogP contribution < -0.4 is 18.5 Å². The highest BCUT2D eigenvalue weighted by Crippen LogP contribution is 2.39.